The fraction of sp³-hybridized carbons (Fsp3) is 0.517. The predicted molar refractivity (Wildman–Crippen MR) is 155 cm³/mol. The van der Waals surface area contributed by atoms with Gasteiger partial charge in [-0.15, -0.1) is 0 Å². The number of nitrogens with two attached hydrogens (primary N) is 1. The van der Waals surface area contributed by atoms with E-state index in [4.69, 9.17) is 33.9 Å². The summed E-state index contributed by atoms with van der Waals surface area (Å²) in [6.07, 6.45) is -3.06. The number of hydrogen-bond donors (Lipinski definition) is 3. The fourth-order valence-corrected chi connectivity index (χ4v) is 6.26. The minimum Gasteiger partial charge on any atom is -0.370 e. The van der Waals surface area contributed by atoms with Gasteiger partial charge in [0.2, 0.25) is 5.91 Å². The number of halogens is 5. The smallest absolute Gasteiger partial charge is 0.370 e. The van der Waals surface area contributed by atoms with Gasteiger partial charge in [-0.05, 0) is 74.9 Å². The minimum absolute atomic E-state index is 0.0813. The Hall–Kier alpha value is -2.49. The molecular formula is C29H36Cl2F3N5O. The maximum Gasteiger partial charge on any atom is 0.391 e. The maximum atomic E-state index is 13.2. The molecule has 40 heavy (non-hydrogen) atoms. The van der Waals surface area contributed by atoms with E-state index < -0.39 is 18.0 Å². The van der Waals surface area contributed by atoms with E-state index in [1.54, 1.807) is 18.2 Å². The van der Waals surface area contributed by atoms with Crippen LogP contribution in [0.25, 0.3) is 0 Å². The second kappa shape index (κ2) is 13.0. The van der Waals surface area contributed by atoms with Crippen LogP contribution in [0.2, 0.25) is 10.0 Å². The largest absolute Gasteiger partial charge is 0.391 e. The Bertz CT molecular complexity index is 1190. The van der Waals surface area contributed by atoms with Crippen molar-refractivity contribution in [1.29, 1.82) is 0 Å². The summed E-state index contributed by atoms with van der Waals surface area (Å²) in [5.74, 6) is -1.37. The summed E-state index contributed by atoms with van der Waals surface area (Å²) in [5.41, 5.74) is 7.96. The van der Waals surface area contributed by atoms with Crippen LogP contribution in [0, 0.1) is 5.92 Å². The number of aliphatic imine (C=N–C) groups is 1. The summed E-state index contributed by atoms with van der Waals surface area (Å²) in [4.78, 5) is 19.0. The van der Waals surface area contributed by atoms with E-state index in [-0.39, 0.29) is 43.3 Å². The van der Waals surface area contributed by atoms with Crippen LogP contribution in [-0.4, -0.2) is 54.2 Å². The zero-order valence-corrected chi connectivity index (χ0v) is 24.2. The van der Waals surface area contributed by atoms with E-state index in [2.05, 4.69) is 29.4 Å². The van der Waals surface area contributed by atoms with Crippen LogP contribution in [0.3, 0.4) is 0 Å². The Morgan fingerprint density at radius 1 is 1.07 bits per heavy atom. The number of nitrogens with one attached hydrogen (secondary N) is 2. The molecule has 11 heteroatoms. The molecule has 3 unspecified atom stereocenters. The van der Waals surface area contributed by atoms with Gasteiger partial charge >= 0.3 is 6.18 Å². The third kappa shape index (κ3) is 8.04. The predicted octanol–water partition coefficient (Wildman–Crippen LogP) is 6.57. The van der Waals surface area contributed by atoms with Crippen LogP contribution in [-0.2, 0) is 4.79 Å². The number of hydrogen-bond acceptors (Lipinski definition) is 3. The van der Waals surface area contributed by atoms with E-state index in [0.717, 1.165) is 29.9 Å². The first-order valence-corrected chi connectivity index (χ1v) is 14.4. The first kappa shape index (κ1) is 30.5. The number of carbonyl (C=O) groups excluding carboxylic acids is 1. The quantitative estimate of drug-likeness (QED) is 0.260. The normalized spacial score (nSPS) is 25.0. The Labute approximate surface area is 243 Å². The van der Waals surface area contributed by atoms with Crippen LogP contribution in [0.15, 0.2) is 47.5 Å². The van der Waals surface area contributed by atoms with Crippen LogP contribution in [0.5, 0.6) is 0 Å². The molecule has 4 N–H and O–H groups in total. The first-order valence-electron chi connectivity index (χ1n) is 13.6. The van der Waals surface area contributed by atoms with Gasteiger partial charge in [-0.2, -0.15) is 13.2 Å². The molecule has 0 spiro atoms. The molecule has 0 aromatic heterocycles. The molecule has 3 atom stereocenters. The summed E-state index contributed by atoms with van der Waals surface area (Å²) in [6, 6.07) is 13.1. The molecule has 6 nitrogen and oxygen atoms in total. The number of nitrogens with zero attached hydrogens (tertiary/aromatic N) is 2. The number of primary amides is 1. The molecule has 2 aromatic carbocycles. The van der Waals surface area contributed by atoms with Gasteiger partial charge < -0.3 is 21.3 Å². The Balaban J connectivity index is 1.56. The molecule has 1 saturated carbocycles. The maximum absolute atomic E-state index is 13.2. The molecular weight excluding hydrogens is 562 g/mol. The topological polar surface area (TPSA) is 82.8 Å². The lowest BCUT2D eigenvalue weighted by Crippen LogP contribution is -2.57. The van der Waals surface area contributed by atoms with Crippen LogP contribution >= 0.6 is 23.2 Å². The second-order valence-electron chi connectivity index (χ2n) is 11.0. The van der Waals surface area contributed by atoms with Gasteiger partial charge in [-0.25, -0.2) is 4.99 Å². The number of piperazine rings is 1. The highest BCUT2D eigenvalue weighted by Gasteiger charge is 2.41. The number of guanidine groups is 1. The van der Waals surface area contributed by atoms with Crippen molar-refractivity contribution >= 4 is 40.8 Å². The van der Waals surface area contributed by atoms with E-state index in [9.17, 15) is 18.0 Å². The van der Waals surface area contributed by atoms with Gasteiger partial charge in [0.15, 0.2) is 5.96 Å². The second-order valence-corrected chi connectivity index (χ2v) is 11.9. The highest BCUT2D eigenvalue weighted by Crippen LogP contribution is 2.39. The summed E-state index contributed by atoms with van der Waals surface area (Å²) in [7, 11) is 0. The Morgan fingerprint density at radius 2 is 1.70 bits per heavy atom. The molecule has 1 aliphatic heterocycles. The summed E-state index contributed by atoms with van der Waals surface area (Å²) < 4.78 is 39.6. The van der Waals surface area contributed by atoms with Gasteiger partial charge in [-0.3, -0.25) is 4.79 Å². The minimum atomic E-state index is -4.15. The SMILES string of the molecule is CC1CN(/C(=N/C2CCC(C(F)(F)F)CC2)Nc2ccc(C(CC(N)=O)c3ccc(Cl)cc3Cl)cc2)CC(C)N1. The van der Waals surface area contributed by atoms with E-state index in [1.807, 2.05) is 24.3 Å². The van der Waals surface area contributed by atoms with Gasteiger partial charge in [0.25, 0.3) is 0 Å². The lowest BCUT2D eigenvalue weighted by Gasteiger charge is -2.39. The zero-order chi connectivity index (χ0) is 29.0. The van der Waals surface area contributed by atoms with Crippen molar-refractivity contribution in [3.63, 3.8) is 0 Å². The average molecular weight is 599 g/mol. The zero-order valence-electron chi connectivity index (χ0n) is 22.6. The molecule has 1 aliphatic carbocycles. The molecule has 2 aliphatic rings. The molecule has 1 amide bonds. The van der Waals surface area contributed by atoms with E-state index in [1.165, 1.54) is 0 Å². The number of alkyl halides is 3. The highest BCUT2D eigenvalue weighted by atomic mass is 35.5. The van der Waals surface area contributed by atoms with Crippen molar-refractivity contribution in [2.75, 3.05) is 18.4 Å². The molecule has 0 bridgehead atoms. The molecule has 2 fully saturated rings. The first-order chi connectivity index (χ1) is 18.9. The van der Waals surface area contributed by atoms with Gasteiger partial charge in [0.1, 0.15) is 0 Å². The van der Waals surface area contributed by atoms with Crippen molar-refractivity contribution in [2.45, 2.75) is 76.2 Å². The fourth-order valence-electron chi connectivity index (χ4n) is 5.72. The average Bonchev–Trinajstić information content (AvgIpc) is 2.87. The number of rotatable bonds is 6. The standard InChI is InChI=1S/C29H36Cl2F3N5O/c1-17-15-39(16-18(2)36-17)28(38-23-10-5-20(6-11-23)29(32,33)34)37-22-8-3-19(4-9-22)25(14-27(35)40)24-12-7-21(30)13-26(24)31/h3-4,7-9,12-13,17-18,20,23,25,36H,5-6,10-11,14-16H2,1-2H3,(H2,35,40)(H,37,38). The molecule has 218 valence electrons. The third-order valence-electron chi connectivity index (χ3n) is 7.63. The summed E-state index contributed by atoms with van der Waals surface area (Å²) in [5, 5.41) is 7.90. The van der Waals surface area contributed by atoms with Crippen molar-refractivity contribution in [1.82, 2.24) is 10.2 Å². The van der Waals surface area contributed by atoms with E-state index >= 15 is 0 Å². The van der Waals surface area contributed by atoms with Crippen molar-refractivity contribution in [3.05, 3.63) is 63.6 Å². The van der Waals surface area contributed by atoms with Crippen molar-refractivity contribution in [3.8, 4) is 0 Å². The van der Waals surface area contributed by atoms with Crippen LogP contribution in [0.4, 0.5) is 18.9 Å². The Morgan fingerprint density at radius 3 is 2.25 bits per heavy atom. The lowest BCUT2D eigenvalue weighted by atomic mass is 9.86. The van der Waals surface area contributed by atoms with Gasteiger partial charge in [0, 0.05) is 53.2 Å². The van der Waals surface area contributed by atoms with Crippen molar-refractivity contribution < 1.29 is 18.0 Å². The third-order valence-corrected chi connectivity index (χ3v) is 8.20. The molecule has 2 aromatic rings. The lowest BCUT2D eigenvalue weighted by molar-refractivity contribution is -0.182. The van der Waals surface area contributed by atoms with Gasteiger partial charge in [-0.1, -0.05) is 41.4 Å². The van der Waals surface area contributed by atoms with Crippen molar-refractivity contribution in [2.24, 2.45) is 16.6 Å². The summed E-state index contributed by atoms with van der Waals surface area (Å²) in [6.45, 7) is 5.65. The number of anilines is 1. The van der Waals surface area contributed by atoms with Crippen LogP contribution in [0.1, 0.15) is 63.0 Å². The number of amides is 1. The summed E-state index contributed by atoms with van der Waals surface area (Å²) >= 11 is 12.5. The molecule has 1 heterocycles. The molecule has 4 rings (SSSR count). The Kier molecular flexibility index (Phi) is 9.90. The van der Waals surface area contributed by atoms with Gasteiger partial charge in [0.05, 0.1) is 12.0 Å². The van der Waals surface area contributed by atoms with Crippen LogP contribution < -0.4 is 16.4 Å². The monoisotopic (exact) mass is 597 g/mol. The molecule has 0 radical (unpaired) electrons. The number of carbonyl (C=O) groups is 1. The number of benzene rings is 2. The highest BCUT2D eigenvalue weighted by molar-refractivity contribution is 6.35. The van der Waals surface area contributed by atoms with E-state index in [0.29, 0.717) is 28.8 Å². The molecule has 1 saturated heterocycles.